The van der Waals surface area contributed by atoms with Crippen molar-refractivity contribution >= 4 is 41.4 Å². The van der Waals surface area contributed by atoms with Gasteiger partial charge in [-0.05, 0) is 36.1 Å². The molecule has 0 bridgehead atoms. The molecule has 3 aromatic heterocycles. The molecule has 2 N–H and O–H groups in total. The number of hydrogen-bond acceptors (Lipinski definition) is 6. The summed E-state index contributed by atoms with van der Waals surface area (Å²) in [5.41, 5.74) is 7.21. The van der Waals surface area contributed by atoms with Crippen LogP contribution in [0, 0.1) is 5.82 Å². The number of aromatic nitrogens is 4. The molecule has 1 fully saturated rings. The third kappa shape index (κ3) is 5.65. The maximum atomic E-state index is 15.1. The molecule has 0 aliphatic carbocycles. The van der Waals surface area contributed by atoms with Gasteiger partial charge in [-0.25, -0.2) is 9.37 Å². The molecule has 2 atom stereocenters. The van der Waals surface area contributed by atoms with Gasteiger partial charge in [0.1, 0.15) is 17.3 Å². The minimum absolute atomic E-state index is 0. The molecule has 0 spiro atoms. The number of methoxy groups -OCH3 is 1. The van der Waals surface area contributed by atoms with E-state index in [-0.39, 0.29) is 60.8 Å². The maximum Gasteiger partial charge on any atom is 0.408 e. The molecule has 0 amide bonds. The Balaban J connectivity index is 0.00000190. The predicted octanol–water partition coefficient (Wildman–Crippen LogP) is 4.75. The Morgan fingerprint density at radius 2 is 1.86 bits per heavy atom. The Hall–Kier alpha value is -2.57. The molecule has 200 valence electrons. The molecular formula is C24H26Cl2F4N6O. The monoisotopic (exact) mass is 560 g/mol. The van der Waals surface area contributed by atoms with Crippen LogP contribution in [-0.4, -0.2) is 63.5 Å². The Bertz CT molecular complexity index is 1380. The van der Waals surface area contributed by atoms with Crippen molar-refractivity contribution in [1.29, 1.82) is 0 Å². The Kier molecular flexibility index (Phi) is 8.97. The number of nitrogens with two attached hydrogens (primary N) is 1. The number of rotatable bonds is 6. The third-order valence-corrected chi connectivity index (χ3v) is 6.36. The van der Waals surface area contributed by atoms with Crippen molar-refractivity contribution < 1.29 is 22.3 Å². The summed E-state index contributed by atoms with van der Waals surface area (Å²) in [5, 5.41) is 8.82. The van der Waals surface area contributed by atoms with Crippen molar-refractivity contribution in [2.45, 2.75) is 31.1 Å². The SMILES string of the molecule is COCCc1ccc2ccc(-c3nnc4ccc([C@@H](N5CC[C@H](N)C5)C(F)(F)F)cn34)nc2c1F.Cl.Cl. The molecule has 0 saturated carbocycles. The van der Waals surface area contributed by atoms with E-state index in [1.807, 2.05) is 0 Å². The van der Waals surface area contributed by atoms with Gasteiger partial charge >= 0.3 is 6.18 Å². The first-order valence-corrected chi connectivity index (χ1v) is 11.2. The average molecular weight is 561 g/mol. The van der Waals surface area contributed by atoms with Crippen molar-refractivity contribution in [2.24, 2.45) is 5.73 Å². The van der Waals surface area contributed by atoms with Gasteiger partial charge < -0.3 is 10.5 Å². The molecule has 5 rings (SSSR count). The van der Waals surface area contributed by atoms with Gasteiger partial charge in [-0.15, -0.1) is 35.0 Å². The van der Waals surface area contributed by atoms with E-state index in [1.165, 1.54) is 27.6 Å². The summed E-state index contributed by atoms with van der Waals surface area (Å²) in [4.78, 5) is 5.81. The topological polar surface area (TPSA) is 81.6 Å². The lowest BCUT2D eigenvalue weighted by Gasteiger charge is -2.30. The summed E-state index contributed by atoms with van der Waals surface area (Å²) in [6, 6.07) is 7.63. The summed E-state index contributed by atoms with van der Waals surface area (Å²) >= 11 is 0. The van der Waals surface area contributed by atoms with E-state index < -0.39 is 18.0 Å². The molecule has 1 aliphatic heterocycles. The molecule has 37 heavy (non-hydrogen) atoms. The second-order valence-electron chi connectivity index (χ2n) is 8.75. The van der Waals surface area contributed by atoms with Crippen molar-refractivity contribution in [3.63, 3.8) is 0 Å². The molecular weight excluding hydrogens is 535 g/mol. The fourth-order valence-electron chi connectivity index (χ4n) is 4.63. The zero-order valence-electron chi connectivity index (χ0n) is 19.8. The number of nitrogens with zero attached hydrogens (tertiary/aromatic N) is 5. The molecule has 13 heteroatoms. The Morgan fingerprint density at radius 1 is 1.11 bits per heavy atom. The first-order valence-electron chi connectivity index (χ1n) is 11.2. The van der Waals surface area contributed by atoms with Gasteiger partial charge in [-0.2, -0.15) is 13.2 Å². The normalized spacial score (nSPS) is 17.1. The van der Waals surface area contributed by atoms with Crippen LogP contribution >= 0.6 is 24.8 Å². The van der Waals surface area contributed by atoms with Crippen molar-refractivity contribution in [1.82, 2.24) is 24.5 Å². The van der Waals surface area contributed by atoms with Crippen molar-refractivity contribution in [3.8, 4) is 11.5 Å². The first-order chi connectivity index (χ1) is 16.8. The zero-order valence-corrected chi connectivity index (χ0v) is 21.4. The Morgan fingerprint density at radius 3 is 2.54 bits per heavy atom. The first kappa shape index (κ1) is 29.0. The largest absolute Gasteiger partial charge is 0.408 e. The van der Waals surface area contributed by atoms with Gasteiger partial charge in [0.15, 0.2) is 17.3 Å². The van der Waals surface area contributed by atoms with Crippen LogP contribution in [-0.2, 0) is 11.2 Å². The van der Waals surface area contributed by atoms with E-state index in [0.29, 0.717) is 41.7 Å². The average Bonchev–Trinajstić information content (AvgIpc) is 3.44. The fraction of sp³-hybridized carbons (Fsp3) is 0.375. The highest BCUT2D eigenvalue weighted by atomic mass is 35.5. The van der Waals surface area contributed by atoms with Gasteiger partial charge in [0.25, 0.3) is 0 Å². The van der Waals surface area contributed by atoms with E-state index in [1.54, 1.807) is 31.4 Å². The quantitative estimate of drug-likeness (QED) is 0.343. The highest BCUT2D eigenvalue weighted by Crippen LogP contribution is 2.39. The highest BCUT2D eigenvalue weighted by Gasteiger charge is 2.46. The number of pyridine rings is 2. The molecule has 7 nitrogen and oxygen atoms in total. The van der Waals surface area contributed by atoms with Crippen molar-refractivity contribution in [2.75, 3.05) is 26.8 Å². The van der Waals surface area contributed by atoms with Crippen LogP contribution in [0.4, 0.5) is 17.6 Å². The Labute approximate surface area is 222 Å². The van der Waals surface area contributed by atoms with Crippen LogP contribution in [0.15, 0.2) is 42.6 Å². The predicted molar refractivity (Wildman–Crippen MR) is 137 cm³/mol. The number of alkyl halides is 3. The van der Waals surface area contributed by atoms with Crippen LogP contribution in [0.5, 0.6) is 0 Å². The molecule has 4 aromatic rings. The number of hydrogen-bond donors (Lipinski definition) is 1. The van der Waals surface area contributed by atoms with Gasteiger partial charge in [-0.3, -0.25) is 9.30 Å². The summed E-state index contributed by atoms with van der Waals surface area (Å²) in [6.45, 7) is 0.783. The molecule has 0 unspecified atom stereocenters. The molecule has 1 aromatic carbocycles. The molecule has 4 heterocycles. The van der Waals surface area contributed by atoms with Crippen LogP contribution in [0.1, 0.15) is 23.6 Å². The number of fused-ring (bicyclic) bond motifs is 2. The van der Waals surface area contributed by atoms with Crippen LogP contribution < -0.4 is 5.73 Å². The van der Waals surface area contributed by atoms with E-state index in [4.69, 9.17) is 10.5 Å². The standard InChI is InChI=1S/C24H24F4N6O.2ClH/c1-35-11-9-14-2-3-15-4-6-18(30-21(15)20(14)25)23-32-31-19-7-5-16(12-34(19)23)22(24(26,27)28)33-10-8-17(29)13-33;;/h2-7,12,17,22H,8-11,13,29H2,1H3;2*1H/t17-,22+;;/m0../s1. The summed E-state index contributed by atoms with van der Waals surface area (Å²) < 4.78 is 63.9. The molecule has 1 saturated heterocycles. The lowest BCUT2D eigenvalue weighted by Crippen LogP contribution is -2.38. The second kappa shape index (κ2) is 11.4. The van der Waals surface area contributed by atoms with Crippen molar-refractivity contribution in [3.05, 3.63) is 59.5 Å². The zero-order chi connectivity index (χ0) is 24.7. The van der Waals surface area contributed by atoms with E-state index >= 15 is 4.39 Å². The lowest BCUT2D eigenvalue weighted by atomic mass is 10.1. The van der Waals surface area contributed by atoms with E-state index in [0.717, 1.165) is 0 Å². The smallest absolute Gasteiger partial charge is 0.384 e. The van der Waals surface area contributed by atoms with Gasteiger partial charge in [-0.1, -0.05) is 24.3 Å². The third-order valence-electron chi connectivity index (χ3n) is 6.36. The molecule has 1 aliphatic rings. The van der Waals surface area contributed by atoms with E-state index in [9.17, 15) is 13.2 Å². The highest BCUT2D eigenvalue weighted by molar-refractivity contribution is 5.85. The van der Waals surface area contributed by atoms with E-state index in [2.05, 4.69) is 15.2 Å². The van der Waals surface area contributed by atoms with Crippen LogP contribution in [0.2, 0.25) is 0 Å². The lowest BCUT2D eigenvalue weighted by molar-refractivity contribution is -0.183. The summed E-state index contributed by atoms with van der Waals surface area (Å²) in [6.07, 6.45) is -2.22. The maximum absolute atomic E-state index is 15.1. The minimum Gasteiger partial charge on any atom is -0.384 e. The summed E-state index contributed by atoms with van der Waals surface area (Å²) in [5.74, 6) is -0.233. The minimum atomic E-state index is -4.49. The number of halogens is 6. The van der Waals surface area contributed by atoms with Gasteiger partial charge in [0.2, 0.25) is 0 Å². The van der Waals surface area contributed by atoms with Gasteiger partial charge in [0, 0.05) is 37.8 Å². The fourth-order valence-corrected chi connectivity index (χ4v) is 4.63. The second-order valence-corrected chi connectivity index (χ2v) is 8.75. The molecule has 0 radical (unpaired) electrons. The van der Waals surface area contributed by atoms with Crippen LogP contribution in [0.3, 0.4) is 0 Å². The number of likely N-dealkylation sites (tertiary alicyclic amines) is 1. The van der Waals surface area contributed by atoms with Crippen LogP contribution in [0.25, 0.3) is 28.1 Å². The summed E-state index contributed by atoms with van der Waals surface area (Å²) in [7, 11) is 1.54. The number of ether oxygens (including phenoxy) is 1. The number of benzene rings is 1. The van der Waals surface area contributed by atoms with Gasteiger partial charge in [0.05, 0.1) is 6.61 Å².